The number of nitrogens with zero attached hydrogens (tertiary/aromatic N) is 3. The molecule has 0 radical (unpaired) electrons. The van der Waals surface area contributed by atoms with Crippen molar-refractivity contribution in [1.82, 2.24) is 20.3 Å². The summed E-state index contributed by atoms with van der Waals surface area (Å²) in [6.45, 7) is 3.20. The summed E-state index contributed by atoms with van der Waals surface area (Å²) in [4.78, 5) is 52.9. The van der Waals surface area contributed by atoms with Gasteiger partial charge in [0.05, 0.1) is 11.7 Å². The number of carbonyl (C=O) groups excluding carboxylic acids is 4. The van der Waals surface area contributed by atoms with Crippen LogP contribution in [0, 0.1) is 0 Å². The first-order chi connectivity index (χ1) is 16.9. The average Bonchev–Trinajstić information content (AvgIpc) is 3.47. The van der Waals surface area contributed by atoms with Crippen molar-refractivity contribution in [3.05, 3.63) is 46.8 Å². The first-order valence-electron chi connectivity index (χ1n) is 12.1. The van der Waals surface area contributed by atoms with Gasteiger partial charge in [-0.15, -0.1) is 0 Å². The number of nitrogens with one attached hydrogen (secondary N) is 1. The maximum absolute atomic E-state index is 13.0. The van der Waals surface area contributed by atoms with Gasteiger partial charge in [-0.05, 0) is 55.9 Å². The van der Waals surface area contributed by atoms with Crippen molar-refractivity contribution in [2.75, 3.05) is 13.2 Å². The molecule has 184 valence electrons. The number of carbonyl (C=O) groups is 4. The fourth-order valence-corrected chi connectivity index (χ4v) is 4.99. The summed E-state index contributed by atoms with van der Waals surface area (Å²) in [6.07, 6.45) is 4.00. The minimum Gasteiger partial charge on any atom is -0.491 e. The molecule has 0 saturated carbocycles. The van der Waals surface area contributed by atoms with Crippen LogP contribution in [-0.4, -0.2) is 63.8 Å². The van der Waals surface area contributed by atoms with Gasteiger partial charge in [-0.25, -0.2) is 0 Å². The van der Waals surface area contributed by atoms with E-state index < -0.39 is 11.9 Å². The average molecular weight is 481 g/mol. The van der Waals surface area contributed by atoms with E-state index in [1.807, 2.05) is 13.0 Å². The van der Waals surface area contributed by atoms with Gasteiger partial charge in [0.2, 0.25) is 17.6 Å². The van der Waals surface area contributed by atoms with E-state index in [1.165, 1.54) is 4.90 Å². The number of likely N-dealkylation sites (tertiary alicyclic amines) is 1. The molecular formula is C25H28N4O6. The summed E-state index contributed by atoms with van der Waals surface area (Å²) < 4.78 is 11.3. The smallest absolute Gasteiger partial charge is 0.292 e. The summed E-state index contributed by atoms with van der Waals surface area (Å²) >= 11 is 0. The Hall–Kier alpha value is -3.69. The van der Waals surface area contributed by atoms with Crippen LogP contribution in [0.4, 0.5) is 0 Å². The predicted octanol–water partition coefficient (Wildman–Crippen LogP) is 2.07. The molecule has 0 bridgehead atoms. The second kappa shape index (κ2) is 9.52. The van der Waals surface area contributed by atoms with Gasteiger partial charge in [0.15, 0.2) is 0 Å². The Bertz CT molecular complexity index is 1170. The molecule has 4 heterocycles. The number of piperidine rings is 2. The van der Waals surface area contributed by atoms with Crippen LogP contribution in [-0.2, 0) is 22.6 Å². The lowest BCUT2D eigenvalue weighted by atomic mass is 10.0. The Morgan fingerprint density at radius 2 is 2.06 bits per heavy atom. The second-order valence-electron chi connectivity index (χ2n) is 9.21. The van der Waals surface area contributed by atoms with E-state index in [1.54, 1.807) is 23.1 Å². The highest BCUT2D eigenvalue weighted by molar-refractivity contribution is 6.05. The minimum atomic E-state index is -0.650. The maximum Gasteiger partial charge on any atom is 0.292 e. The molecule has 3 aliphatic heterocycles. The Morgan fingerprint density at radius 1 is 1.20 bits per heavy atom. The van der Waals surface area contributed by atoms with Gasteiger partial charge in [-0.1, -0.05) is 12.1 Å². The lowest BCUT2D eigenvalue weighted by Crippen LogP contribution is -2.52. The third-order valence-electron chi connectivity index (χ3n) is 6.96. The molecule has 4 amide bonds. The van der Waals surface area contributed by atoms with Crippen LogP contribution in [0.15, 0.2) is 28.8 Å². The number of hydrogen-bond acceptors (Lipinski definition) is 7. The van der Waals surface area contributed by atoms with Crippen LogP contribution >= 0.6 is 0 Å². The van der Waals surface area contributed by atoms with E-state index in [-0.39, 0.29) is 42.5 Å². The number of hydrogen-bond donors (Lipinski definition) is 1. The number of aromatic nitrogens is 1. The summed E-state index contributed by atoms with van der Waals surface area (Å²) in [5.74, 6) is -0.284. The zero-order chi connectivity index (χ0) is 24.5. The van der Waals surface area contributed by atoms with Crippen LogP contribution in [0.3, 0.4) is 0 Å². The molecule has 10 heteroatoms. The van der Waals surface area contributed by atoms with Crippen LogP contribution in [0.1, 0.15) is 71.2 Å². The Morgan fingerprint density at radius 3 is 2.83 bits per heavy atom. The molecule has 2 fully saturated rings. The van der Waals surface area contributed by atoms with Crippen molar-refractivity contribution in [3.8, 4) is 5.75 Å². The molecule has 0 spiro atoms. The molecule has 1 unspecified atom stereocenters. The van der Waals surface area contributed by atoms with Gasteiger partial charge in [-0.3, -0.25) is 24.5 Å². The number of rotatable bonds is 6. The van der Waals surface area contributed by atoms with Crippen LogP contribution in [0.5, 0.6) is 5.75 Å². The zero-order valence-electron chi connectivity index (χ0n) is 19.6. The molecular weight excluding hydrogens is 452 g/mol. The number of fused-ring (bicyclic) bond motifs is 1. The minimum absolute atomic E-state index is 0.0960. The van der Waals surface area contributed by atoms with Crippen molar-refractivity contribution >= 4 is 23.6 Å². The van der Waals surface area contributed by atoms with Crippen molar-refractivity contribution in [2.24, 2.45) is 0 Å². The van der Waals surface area contributed by atoms with E-state index in [2.05, 4.69) is 10.5 Å². The van der Waals surface area contributed by atoms with E-state index >= 15 is 0 Å². The Labute approximate surface area is 202 Å². The van der Waals surface area contributed by atoms with Gasteiger partial charge < -0.3 is 19.1 Å². The van der Waals surface area contributed by atoms with E-state index in [4.69, 9.17) is 9.26 Å². The van der Waals surface area contributed by atoms with Gasteiger partial charge in [-0.2, -0.15) is 0 Å². The zero-order valence-corrected chi connectivity index (χ0v) is 19.6. The molecule has 1 aromatic heterocycles. The van der Waals surface area contributed by atoms with Gasteiger partial charge in [0.1, 0.15) is 18.4 Å². The lowest BCUT2D eigenvalue weighted by Gasteiger charge is -2.34. The van der Waals surface area contributed by atoms with Crippen molar-refractivity contribution in [2.45, 2.75) is 64.1 Å². The molecule has 2 saturated heterocycles. The molecule has 2 atom stereocenters. The quantitative estimate of drug-likeness (QED) is 0.628. The predicted molar refractivity (Wildman–Crippen MR) is 123 cm³/mol. The van der Waals surface area contributed by atoms with E-state index in [0.717, 1.165) is 30.5 Å². The number of ether oxygens (including phenoxy) is 1. The first-order valence-corrected chi connectivity index (χ1v) is 12.1. The number of aryl methyl sites for hydroxylation is 1. The largest absolute Gasteiger partial charge is 0.491 e. The van der Waals surface area contributed by atoms with Crippen molar-refractivity contribution < 1.29 is 28.4 Å². The Kier molecular flexibility index (Phi) is 6.27. The highest BCUT2D eigenvalue weighted by Gasteiger charge is 2.39. The van der Waals surface area contributed by atoms with Gasteiger partial charge in [0, 0.05) is 31.1 Å². The van der Waals surface area contributed by atoms with Crippen LogP contribution in [0.25, 0.3) is 0 Å². The van der Waals surface area contributed by atoms with Crippen molar-refractivity contribution in [1.29, 1.82) is 0 Å². The van der Waals surface area contributed by atoms with E-state index in [0.29, 0.717) is 37.3 Å². The molecule has 0 aliphatic carbocycles. The highest BCUT2D eigenvalue weighted by atomic mass is 16.5. The third-order valence-corrected chi connectivity index (χ3v) is 6.96. The van der Waals surface area contributed by atoms with E-state index in [9.17, 15) is 19.2 Å². The maximum atomic E-state index is 13.0. The number of imide groups is 1. The third kappa shape index (κ3) is 4.52. The number of benzene rings is 1. The molecule has 10 nitrogen and oxygen atoms in total. The molecule has 3 aliphatic rings. The summed E-state index contributed by atoms with van der Waals surface area (Å²) in [5.41, 5.74) is 2.06. The van der Waals surface area contributed by atoms with Crippen molar-refractivity contribution in [3.63, 3.8) is 0 Å². The molecule has 1 aromatic carbocycles. The number of amides is 4. The molecule has 1 N–H and O–H groups in total. The normalized spacial score (nSPS) is 22.3. The summed E-state index contributed by atoms with van der Waals surface area (Å²) in [7, 11) is 0. The standard InChI is InChI=1S/C25H28N4O6/c1-2-16-12-21(35-27-16)25(33)28-10-4-3-5-17(28)14-34-18-6-7-19-15(11-18)13-29(24(19)32)20-8-9-22(30)26-23(20)31/h6-7,11-12,17,20H,2-5,8-10,13-14H2,1H3,(H,26,30,31)/t17-,20?/m1/s1. The summed E-state index contributed by atoms with van der Waals surface area (Å²) in [5, 5.41) is 6.24. The van der Waals surface area contributed by atoms with Gasteiger partial charge in [0.25, 0.3) is 11.8 Å². The second-order valence-corrected chi connectivity index (χ2v) is 9.21. The topological polar surface area (TPSA) is 122 Å². The molecule has 2 aromatic rings. The fourth-order valence-electron chi connectivity index (χ4n) is 4.99. The lowest BCUT2D eigenvalue weighted by molar-refractivity contribution is -0.136. The fraction of sp³-hybridized carbons (Fsp3) is 0.480. The van der Waals surface area contributed by atoms with Crippen LogP contribution < -0.4 is 10.1 Å². The van der Waals surface area contributed by atoms with Gasteiger partial charge >= 0.3 is 0 Å². The SMILES string of the molecule is CCc1cc(C(=O)N2CCCC[C@@H]2COc2ccc3c(c2)CN(C2CCC(=O)NC2=O)C3=O)on1. The van der Waals surface area contributed by atoms with Crippen LogP contribution in [0.2, 0.25) is 0 Å². The summed E-state index contributed by atoms with van der Waals surface area (Å²) in [6, 6.07) is 6.22. The molecule has 35 heavy (non-hydrogen) atoms. The Balaban J connectivity index is 1.24. The monoisotopic (exact) mass is 480 g/mol. The highest BCUT2D eigenvalue weighted by Crippen LogP contribution is 2.30. The molecule has 5 rings (SSSR count). The first kappa shape index (κ1) is 23.1.